The van der Waals surface area contributed by atoms with E-state index >= 15 is 0 Å². The molecule has 21 heavy (non-hydrogen) atoms. The topological polar surface area (TPSA) is 79.2 Å². The summed E-state index contributed by atoms with van der Waals surface area (Å²) in [7, 11) is 1.47. The number of aliphatic hydroxyl groups excluding tert-OH is 1. The van der Waals surface area contributed by atoms with E-state index in [0.717, 1.165) is 5.01 Å². The average molecular weight is 296 g/mol. The molecule has 0 aromatic rings. The molecule has 6 heteroatoms. The van der Waals surface area contributed by atoms with Gasteiger partial charge in [-0.3, -0.25) is 4.79 Å². The Labute approximate surface area is 125 Å². The van der Waals surface area contributed by atoms with Crippen LogP contribution in [0.4, 0.5) is 4.79 Å². The van der Waals surface area contributed by atoms with Crippen molar-refractivity contribution < 1.29 is 19.4 Å². The second-order valence-corrected chi connectivity index (χ2v) is 6.00. The first-order valence-electron chi connectivity index (χ1n) is 7.15. The van der Waals surface area contributed by atoms with Crippen molar-refractivity contribution in [3.05, 3.63) is 11.3 Å². The zero-order valence-corrected chi connectivity index (χ0v) is 13.4. The van der Waals surface area contributed by atoms with Crippen molar-refractivity contribution in [3.8, 4) is 0 Å². The zero-order valence-electron chi connectivity index (χ0n) is 13.4. The number of hydrazone groups is 1. The molecule has 0 atom stereocenters. The molecule has 1 aliphatic rings. The number of aliphatic hydroxyl groups is 1. The maximum Gasteiger partial charge on any atom is 0.430 e. The van der Waals surface area contributed by atoms with Crippen LogP contribution in [0, 0.1) is 0 Å². The summed E-state index contributed by atoms with van der Waals surface area (Å²) in [6.45, 7) is 7.07. The van der Waals surface area contributed by atoms with E-state index in [-0.39, 0.29) is 17.1 Å². The van der Waals surface area contributed by atoms with Gasteiger partial charge in [0.2, 0.25) is 0 Å². The molecule has 0 unspecified atom stereocenters. The van der Waals surface area contributed by atoms with E-state index in [2.05, 4.69) is 5.10 Å². The van der Waals surface area contributed by atoms with Gasteiger partial charge in [0.05, 0.1) is 11.3 Å². The van der Waals surface area contributed by atoms with Crippen LogP contribution in [0.2, 0.25) is 0 Å². The first kappa shape index (κ1) is 17.2. The number of rotatable bonds is 2. The molecule has 1 N–H and O–H groups in total. The van der Waals surface area contributed by atoms with Crippen LogP contribution in [-0.4, -0.2) is 40.4 Å². The first-order chi connectivity index (χ1) is 9.65. The summed E-state index contributed by atoms with van der Waals surface area (Å²) in [6.07, 6.45) is 1.38. The quantitative estimate of drug-likeness (QED) is 0.482. The van der Waals surface area contributed by atoms with Gasteiger partial charge in [0.1, 0.15) is 11.4 Å². The second kappa shape index (κ2) is 6.74. The van der Waals surface area contributed by atoms with Crippen molar-refractivity contribution in [3.63, 3.8) is 0 Å². The number of hydrogen-bond acceptors (Lipinski definition) is 5. The maximum atomic E-state index is 12.0. The lowest BCUT2D eigenvalue weighted by molar-refractivity contribution is -0.115. The van der Waals surface area contributed by atoms with Gasteiger partial charge in [0.15, 0.2) is 5.78 Å². The summed E-state index contributed by atoms with van der Waals surface area (Å²) in [5.74, 6) is -0.104. The number of amides is 1. The normalized spacial score (nSPS) is 20.4. The van der Waals surface area contributed by atoms with Gasteiger partial charge in [-0.25, -0.2) is 9.80 Å². The van der Waals surface area contributed by atoms with E-state index in [1.165, 1.54) is 7.05 Å². The molecule has 0 aromatic heterocycles. The van der Waals surface area contributed by atoms with E-state index in [1.54, 1.807) is 27.7 Å². The number of nitrogens with zero attached hydrogens (tertiary/aromatic N) is 2. The van der Waals surface area contributed by atoms with Crippen LogP contribution in [0.5, 0.6) is 0 Å². The van der Waals surface area contributed by atoms with Gasteiger partial charge >= 0.3 is 6.09 Å². The second-order valence-electron chi connectivity index (χ2n) is 6.00. The smallest absolute Gasteiger partial charge is 0.430 e. The van der Waals surface area contributed by atoms with Gasteiger partial charge in [-0.1, -0.05) is 6.92 Å². The van der Waals surface area contributed by atoms with E-state index in [4.69, 9.17) is 4.74 Å². The van der Waals surface area contributed by atoms with E-state index in [0.29, 0.717) is 31.4 Å². The van der Waals surface area contributed by atoms with Gasteiger partial charge in [-0.05, 0) is 33.6 Å². The largest absolute Gasteiger partial charge is 0.512 e. The predicted octanol–water partition coefficient (Wildman–Crippen LogP) is 3.18. The van der Waals surface area contributed by atoms with Gasteiger partial charge in [0, 0.05) is 19.9 Å². The molecule has 1 rings (SSSR count). The van der Waals surface area contributed by atoms with Gasteiger partial charge in [-0.2, -0.15) is 5.10 Å². The van der Waals surface area contributed by atoms with Crippen LogP contribution >= 0.6 is 0 Å². The summed E-state index contributed by atoms with van der Waals surface area (Å²) in [5.41, 5.74) is 0.0797. The fourth-order valence-corrected chi connectivity index (χ4v) is 1.98. The van der Waals surface area contributed by atoms with E-state index < -0.39 is 11.7 Å². The lowest BCUT2D eigenvalue weighted by Crippen LogP contribution is -2.33. The molecule has 6 nitrogen and oxygen atoms in total. The van der Waals surface area contributed by atoms with E-state index in [9.17, 15) is 14.7 Å². The number of hydrogen-bond donors (Lipinski definition) is 1. The molecule has 0 heterocycles. The summed E-state index contributed by atoms with van der Waals surface area (Å²) in [4.78, 5) is 23.8. The fourth-order valence-electron chi connectivity index (χ4n) is 1.98. The highest BCUT2D eigenvalue weighted by Crippen LogP contribution is 2.22. The molecule has 0 bridgehead atoms. The highest BCUT2D eigenvalue weighted by molar-refractivity contribution is 6.24. The summed E-state index contributed by atoms with van der Waals surface area (Å²) < 4.78 is 5.21. The lowest BCUT2D eigenvalue weighted by atomic mass is 9.90. The van der Waals surface area contributed by atoms with Crippen molar-refractivity contribution in [2.75, 3.05) is 7.05 Å². The molecule has 0 aromatic carbocycles. The standard InChI is InChI=1S/C15H24N2O4/c1-6-11(18)13-10(8-7-9-12(13)19)16-17(5)14(20)21-15(2,3)4/h18H,6-9H2,1-5H3. The molecular weight excluding hydrogens is 272 g/mol. The number of carbonyl (C=O) groups excluding carboxylic acids is 2. The molecule has 1 aliphatic carbocycles. The molecule has 0 saturated heterocycles. The Kier molecular flexibility index (Phi) is 5.52. The molecular formula is C15H24N2O4. The third kappa shape index (κ3) is 4.88. The number of allylic oxidation sites excluding steroid dienone is 2. The zero-order chi connectivity index (χ0) is 16.2. The predicted molar refractivity (Wildman–Crippen MR) is 80.2 cm³/mol. The minimum absolute atomic E-state index is 0.0241. The summed E-state index contributed by atoms with van der Waals surface area (Å²) in [5, 5.41) is 15.1. The Bertz CT molecular complexity index is 486. The molecule has 0 spiro atoms. The van der Waals surface area contributed by atoms with Crippen molar-refractivity contribution in [2.24, 2.45) is 5.10 Å². The number of ketones is 1. The van der Waals surface area contributed by atoms with Crippen molar-refractivity contribution in [1.29, 1.82) is 0 Å². The first-order valence-corrected chi connectivity index (χ1v) is 7.15. The Morgan fingerprint density at radius 3 is 2.52 bits per heavy atom. The third-order valence-electron chi connectivity index (χ3n) is 2.94. The van der Waals surface area contributed by atoms with Crippen LogP contribution in [-0.2, 0) is 9.53 Å². The SMILES string of the molecule is CCC(O)=C1C(=O)CCCC1=NN(C)C(=O)OC(C)(C)C. The van der Waals surface area contributed by atoms with Crippen LogP contribution in [0.25, 0.3) is 0 Å². The van der Waals surface area contributed by atoms with Gasteiger partial charge < -0.3 is 9.84 Å². The van der Waals surface area contributed by atoms with Crippen LogP contribution in [0.1, 0.15) is 53.4 Å². The number of ether oxygens (including phenoxy) is 1. The van der Waals surface area contributed by atoms with E-state index in [1.807, 2.05) is 0 Å². The Balaban J connectivity index is 3.00. The molecule has 118 valence electrons. The van der Waals surface area contributed by atoms with Gasteiger partial charge in [0.25, 0.3) is 0 Å². The van der Waals surface area contributed by atoms with Crippen LogP contribution in [0.3, 0.4) is 0 Å². The van der Waals surface area contributed by atoms with Crippen molar-refractivity contribution in [1.82, 2.24) is 5.01 Å². The summed E-state index contributed by atoms with van der Waals surface area (Å²) in [6, 6.07) is 0. The molecule has 0 radical (unpaired) electrons. The molecule has 0 aliphatic heterocycles. The monoisotopic (exact) mass is 296 g/mol. The number of Topliss-reactive ketones (excluding diaryl/α,β-unsaturated/α-hetero) is 1. The number of carbonyl (C=O) groups is 2. The minimum Gasteiger partial charge on any atom is -0.512 e. The minimum atomic E-state index is -0.613. The molecule has 1 saturated carbocycles. The van der Waals surface area contributed by atoms with Gasteiger partial charge in [-0.15, -0.1) is 0 Å². The summed E-state index contributed by atoms with van der Waals surface area (Å²) >= 11 is 0. The Morgan fingerprint density at radius 1 is 1.38 bits per heavy atom. The Hall–Kier alpha value is -1.85. The lowest BCUT2D eigenvalue weighted by Gasteiger charge is -2.24. The maximum absolute atomic E-state index is 12.0. The average Bonchev–Trinajstić information content (AvgIpc) is 2.36. The fraction of sp³-hybridized carbons (Fsp3) is 0.667. The molecule has 1 amide bonds. The van der Waals surface area contributed by atoms with Crippen LogP contribution < -0.4 is 0 Å². The van der Waals surface area contributed by atoms with Crippen LogP contribution in [0.15, 0.2) is 16.4 Å². The van der Waals surface area contributed by atoms with Crippen molar-refractivity contribution >= 4 is 17.6 Å². The highest BCUT2D eigenvalue weighted by Gasteiger charge is 2.27. The molecule has 1 fully saturated rings. The highest BCUT2D eigenvalue weighted by atomic mass is 16.6. The van der Waals surface area contributed by atoms with Crippen molar-refractivity contribution in [2.45, 2.75) is 59.0 Å². The third-order valence-corrected chi connectivity index (χ3v) is 2.94. The Morgan fingerprint density at radius 2 is 2.00 bits per heavy atom.